The molecule has 1 rings (SSSR count). The highest BCUT2D eigenvalue weighted by atomic mass is 15.1. The van der Waals surface area contributed by atoms with Crippen LogP contribution in [0.3, 0.4) is 0 Å². The summed E-state index contributed by atoms with van der Waals surface area (Å²) in [5, 5.41) is 6.67. The molecule has 1 N–H and O–H groups in total. The molecule has 0 unspecified atom stereocenters. The zero-order valence-electron chi connectivity index (χ0n) is 8.04. The van der Waals surface area contributed by atoms with Crippen LogP contribution in [0.2, 0.25) is 0 Å². The average molecular weight is 174 g/mol. The fourth-order valence-electron chi connectivity index (χ4n) is 0.997. The number of hydrogen-bond donors (Lipinski definition) is 1. The molecule has 0 aliphatic heterocycles. The van der Waals surface area contributed by atoms with Gasteiger partial charge in [0, 0.05) is 11.8 Å². The fourth-order valence-corrected chi connectivity index (χ4v) is 0.997. The lowest BCUT2D eigenvalue weighted by molar-refractivity contribution is 1.09. The monoisotopic (exact) mass is 174 g/mol. The molecular weight excluding hydrogens is 160 g/mol. The maximum atomic E-state index is 3.89. The molecule has 0 amide bonds. The van der Waals surface area contributed by atoms with Gasteiger partial charge >= 0.3 is 0 Å². The third-order valence-corrected chi connectivity index (χ3v) is 1.89. The molecule has 0 saturated heterocycles. The lowest BCUT2D eigenvalue weighted by Gasteiger charge is -1.97. The van der Waals surface area contributed by atoms with Gasteiger partial charge in [0.05, 0.1) is 6.20 Å². The van der Waals surface area contributed by atoms with E-state index >= 15 is 0 Å². The lowest BCUT2D eigenvalue weighted by atomic mass is 10.1. The van der Waals surface area contributed by atoms with E-state index in [0.29, 0.717) is 0 Å². The van der Waals surface area contributed by atoms with Crippen LogP contribution in [0, 0.1) is 0 Å². The largest absolute Gasteiger partial charge is 0.285 e. The van der Waals surface area contributed by atoms with Gasteiger partial charge in [0.25, 0.3) is 0 Å². The van der Waals surface area contributed by atoms with E-state index in [-0.39, 0.29) is 0 Å². The number of rotatable bonds is 3. The molecule has 0 aromatic carbocycles. The summed E-state index contributed by atoms with van der Waals surface area (Å²) in [5.74, 6) is 0. The summed E-state index contributed by atoms with van der Waals surface area (Å²) >= 11 is 0. The quantitative estimate of drug-likeness (QED) is 0.701. The molecule has 2 heteroatoms. The Morgan fingerprint density at radius 2 is 2.38 bits per heavy atom. The van der Waals surface area contributed by atoms with E-state index in [1.54, 1.807) is 6.20 Å². The summed E-state index contributed by atoms with van der Waals surface area (Å²) in [7, 11) is 0. The van der Waals surface area contributed by atoms with Gasteiger partial charge in [0.2, 0.25) is 0 Å². The zero-order chi connectivity index (χ0) is 9.68. The normalized spacial score (nSPS) is 13.1. The van der Waals surface area contributed by atoms with Crippen LogP contribution >= 0.6 is 0 Å². The summed E-state index contributed by atoms with van der Waals surface area (Å²) in [6, 6.07) is 0. The first-order valence-electron chi connectivity index (χ1n) is 4.24. The van der Waals surface area contributed by atoms with E-state index < -0.39 is 0 Å². The molecular formula is C11H14N2. The van der Waals surface area contributed by atoms with Gasteiger partial charge in [0.15, 0.2) is 0 Å². The van der Waals surface area contributed by atoms with Crippen LogP contribution in [0.5, 0.6) is 0 Å². The number of nitrogens with one attached hydrogen (secondary N) is 1. The molecule has 0 fully saturated rings. The summed E-state index contributed by atoms with van der Waals surface area (Å²) < 4.78 is 0. The molecule has 0 radical (unpaired) electrons. The second-order valence-electron chi connectivity index (χ2n) is 2.82. The Kier molecular flexibility index (Phi) is 3.26. The van der Waals surface area contributed by atoms with Crippen molar-refractivity contribution in [1.29, 1.82) is 0 Å². The van der Waals surface area contributed by atoms with Crippen LogP contribution in [-0.4, -0.2) is 10.2 Å². The Labute approximate surface area is 78.7 Å². The smallest absolute Gasteiger partial charge is 0.0565 e. The minimum atomic E-state index is 1.07. The number of H-pyrrole nitrogens is 1. The van der Waals surface area contributed by atoms with Crippen molar-refractivity contribution in [3.8, 4) is 0 Å². The van der Waals surface area contributed by atoms with E-state index in [1.165, 1.54) is 5.57 Å². The Hall–Kier alpha value is -1.57. The summed E-state index contributed by atoms with van der Waals surface area (Å²) in [4.78, 5) is 0. The highest BCUT2D eigenvalue weighted by Crippen LogP contribution is 2.15. The molecule has 2 nitrogen and oxygen atoms in total. The van der Waals surface area contributed by atoms with Crippen molar-refractivity contribution < 1.29 is 0 Å². The van der Waals surface area contributed by atoms with Crippen LogP contribution in [0.4, 0.5) is 0 Å². The molecule has 1 heterocycles. The Bertz CT molecular complexity index is 329. The van der Waals surface area contributed by atoms with E-state index in [1.807, 2.05) is 19.2 Å². The Morgan fingerprint density at radius 3 is 2.85 bits per heavy atom. The van der Waals surface area contributed by atoms with Crippen LogP contribution in [0.1, 0.15) is 19.4 Å². The maximum Gasteiger partial charge on any atom is 0.0565 e. The maximum absolute atomic E-state index is 3.89. The van der Waals surface area contributed by atoms with Crippen LogP contribution in [0.15, 0.2) is 42.8 Å². The molecule has 1 aromatic rings. The minimum absolute atomic E-state index is 1.07. The highest BCUT2D eigenvalue weighted by Gasteiger charge is 1.97. The van der Waals surface area contributed by atoms with Crippen molar-refractivity contribution in [2.45, 2.75) is 13.8 Å². The van der Waals surface area contributed by atoms with Crippen molar-refractivity contribution in [1.82, 2.24) is 10.2 Å². The second-order valence-corrected chi connectivity index (χ2v) is 2.82. The summed E-state index contributed by atoms with van der Waals surface area (Å²) in [6.45, 7) is 7.84. The number of aromatic amines is 1. The summed E-state index contributed by atoms with van der Waals surface area (Å²) in [5.41, 5.74) is 3.37. The Morgan fingerprint density at radius 1 is 1.62 bits per heavy atom. The topological polar surface area (TPSA) is 28.7 Å². The predicted molar refractivity (Wildman–Crippen MR) is 56.2 cm³/mol. The molecule has 0 aliphatic rings. The van der Waals surface area contributed by atoms with Gasteiger partial charge in [-0.1, -0.05) is 30.4 Å². The molecule has 68 valence electrons. The number of nitrogens with zero attached hydrogens (tertiary/aromatic N) is 1. The van der Waals surface area contributed by atoms with Crippen LogP contribution in [0.25, 0.3) is 5.57 Å². The van der Waals surface area contributed by atoms with Gasteiger partial charge in [-0.2, -0.15) is 5.10 Å². The SMILES string of the molecule is C=C/C(=C\C(C)=C/C)c1cn[nH]c1. The van der Waals surface area contributed by atoms with Crippen LogP contribution < -0.4 is 0 Å². The zero-order valence-corrected chi connectivity index (χ0v) is 8.04. The first kappa shape index (κ1) is 9.52. The molecule has 0 spiro atoms. The molecule has 0 aliphatic carbocycles. The molecule has 0 bridgehead atoms. The predicted octanol–water partition coefficient (Wildman–Crippen LogP) is 2.95. The lowest BCUT2D eigenvalue weighted by Crippen LogP contribution is -1.77. The first-order chi connectivity index (χ1) is 6.27. The third-order valence-electron chi connectivity index (χ3n) is 1.89. The van der Waals surface area contributed by atoms with Gasteiger partial charge in [-0.3, -0.25) is 5.10 Å². The van der Waals surface area contributed by atoms with Gasteiger partial charge in [0.1, 0.15) is 0 Å². The van der Waals surface area contributed by atoms with Gasteiger partial charge in [-0.05, 0) is 19.4 Å². The molecule has 0 atom stereocenters. The standard InChI is InChI=1S/C11H14N2/c1-4-9(3)6-10(5-2)11-7-12-13-8-11/h4-8H,2H2,1,3H3,(H,12,13)/b9-4-,10-6+. The van der Waals surface area contributed by atoms with E-state index in [4.69, 9.17) is 0 Å². The van der Waals surface area contributed by atoms with E-state index in [0.717, 1.165) is 11.1 Å². The number of aromatic nitrogens is 2. The van der Waals surface area contributed by atoms with Crippen molar-refractivity contribution in [3.63, 3.8) is 0 Å². The minimum Gasteiger partial charge on any atom is -0.285 e. The number of hydrogen-bond acceptors (Lipinski definition) is 1. The molecule has 1 aromatic heterocycles. The van der Waals surface area contributed by atoms with Crippen LogP contribution in [-0.2, 0) is 0 Å². The molecule has 13 heavy (non-hydrogen) atoms. The Balaban J connectivity index is 2.99. The number of allylic oxidation sites excluding steroid dienone is 5. The summed E-state index contributed by atoms with van der Waals surface area (Å²) in [6.07, 6.45) is 9.62. The fraction of sp³-hybridized carbons (Fsp3) is 0.182. The van der Waals surface area contributed by atoms with E-state index in [9.17, 15) is 0 Å². The van der Waals surface area contributed by atoms with Crippen molar-refractivity contribution in [3.05, 3.63) is 48.3 Å². The second kappa shape index (κ2) is 4.45. The van der Waals surface area contributed by atoms with Crippen molar-refractivity contribution in [2.75, 3.05) is 0 Å². The van der Waals surface area contributed by atoms with Crippen molar-refractivity contribution >= 4 is 5.57 Å². The molecule has 0 saturated carbocycles. The third kappa shape index (κ3) is 2.44. The first-order valence-corrected chi connectivity index (χ1v) is 4.24. The highest BCUT2D eigenvalue weighted by molar-refractivity contribution is 5.74. The van der Waals surface area contributed by atoms with Crippen molar-refractivity contribution in [2.24, 2.45) is 0 Å². The van der Waals surface area contributed by atoms with E-state index in [2.05, 4.69) is 35.9 Å². The van der Waals surface area contributed by atoms with Gasteiger partial charge < -0.3 is 0 Å². The van der Waals surface area contributed by atoms with Gasteiger partial charge in [-0.15, -0.1) is 0 Å². The van der Waals surface area contributed by atoms with Gasteiger partial charge in [-0.25, -0.2) is 0 Å². The average Bonchev–Trinajstić information content (AvgIpc) is 2.66.